The van der Waals surface area contributed by atoms with E-state index in [2.05, 4.69) is 5.32 Å². The summed E-state index contributed by atoms with van der Waals surface area (Å²) in [4.78, 5) is 17.1. The number of nitrogens with two attached hydrogens (primary N) is 1. The molecule has 0 saturated carbocycles. The van der Waals surface area contributed by atoms with Crippen molar-refractivity contribution in [2.45, 2.75) is 19.4 Å². The number of hydrogen-bond donors (Lipinski definition) is 4. The fraction of sp³-hybridized carbons (Fsp3) is 1.00. The minimum Gasteiger partial charge on any atom is -0.330 e. The highest BCUT2D eigenvalue weighted by Gasteiger charge is 2.15. The van der Waals surface area contributed by atoms with Crippen LogP contribution >= 0.6 is 18.2 Å². The molecule has 1 unspecified atom stereocenters. The average molecular weight is 228 g/mol. The zero-order valence-corrected chi connectivity index (χ0v) is 9.35. The Kier molecular flexibility index (Phi) is 7.03. The van der Waals surface area contributed by atoms with E-state index in [0.717, 1.165) is 13.0 Å². The molecule has 0 bridgehead atoms. The van der Waals surface area contributed by atoms with Gasteiger partial charge >= 0.3 is 6.80 Å². The van der Waals surface area contributed by atoms with Crippen molar-refractivity contribution in [3.8, 4) is 0 Å². The second-order valence-corrected chi connectivity index (χ2v) is 6.56. The van der Waals surface area contributed by atoms with E-state index < -0.39 is 6.80 Å². The van der Waals surface area contributed by atoms with Crippen molar-refractivity contribution in [2.75, 3.05) is 18.8 Å². The molecular formula is C6H17N2O3PS. The maximum atomic E-state index is 10.5. The maximum Gasteiger partial charge on any atom is 0.384 e. The fourth-order valence-corrected chi connectivity index (χ4v) is 2.51. The van der Waals surface area contributed by atoms with E-state index in [1.54, 1.807) is 0 Å². The SMILES string of the molecule is CC(CSP(=O)(O)O)NCCCN. The van der Waals surface area contributed by atoms with Crippen LogP contribution in [0.2, 0.25) is 0 Å². The first kappa shape index (κ1) is 13.4. The maximum absolute atomic E-state index is 10.5. The lowest BCUT2D eigenvalue weighted by molar-refractivity contribution is 0.396. The van der Waals surface area contributed by atoms with Gasteiger partial charge in [0.2, 0.25) is 0 Å². The summed E-state index contributed by atoms with van der Waals surface area (Å²) >= 11 is 0.673. The van der Waals surface area contributed by atoms with Crippen molar-refractivity contribution < 1.29 is 14.4 Å². The predicted octanol–water partition coefficient (Wildman–Crippen LogP) is 0.139. The lowest BCUT2D eigenvalue weighted by Crippen LogP contribution is -2.30. The van der Waals surface area contributed by atoms with Crippen LogP contribution in [0.5, 0.6) is 0 Å². The molecule has 13 heavy (non-hydrogen) atoms. The Morgan fingerprint density at radius 3 is 2.69 bits per heavy atom. The summed E-state index contributed by atoms with van der Waals surface area (Å²) in [7, 11) is 0. The molecule has 5 N–H and O–H groups in total. The minimum atomic E-state index is -3.91. The van der Waals surface area contributed by atoms with Gasteiger partial charge < -0.3 is 20.8 Å². The Morgan fingerprint density at radius 2 is 2.23 bits per heavy atom. The van der Waals surface area contributed by atoms with Crippen LogP contribution in [0, 0.1) is 0 Å². The summed E-state index contributed by atoms with van der Waals surface area (Å²) in [5, 5.41) is 3.11. The fourth-order valence-electron chi connectivity index (χ4n) is 0.718. The zero-order valence-electron chi connectivity index (χ0n) is 7.64. The Morgan fingerprint density at radius 1 is 1.62 bits per heavy atom. The smallest absolute Gasteiger partial charge is 0.330 e. The molecule has 5 nitrogen and oxygen atoms in total. The molecule has 0 amide bonds. The summed E-state index contributed by atoms with van der Waals surface area (Å²) in [6.45, 7) is -0.597. The zero-order chi connectivity index (χ0) is 10.3. The van der Waals surface area contributed by atoms with E-state index >= 15 is 0 Å². The third kappa shape index (κ3) is 10.3. The molecule has 0 fully saturated rings. The molecule has 0 aliphatic heterocycles. The van der Waals surface area contributed by atoms with Crippen LogP contribution in [0.1, 0.15) is 13.3 Å². The van der Waals surface area contributed by atoms with E-state index in [9.17, 15) is 4.57 Å². The van der Waals surface area contributed by atoms with Gasteiger partial charge in [-0.15, -0.1) is 0 Å². The molecular weight excluding hydrogens is 211 g/mol. The van der Waals surface area contributed by atoms with Crippen LogP contribution in [0.4, 0.5) is 0 Å². The second-order valence-electron chi connectivity index (χ2n) is 2.78. The van der Waals surface area contributed by atoms with E-state index in [4.69, 9.17) is 15.5 Å². The van der Waals surface area contributed by atoms with Crippen LogP contribution in [-0.2, 0) is 4.57 Å². The molecule has 0 heterocycles. The van der Waals surface area contributed by atoms with Crippen LogP contribution < -0.4 is 11.1 Å². The topological polar surface area (TPSA) is 95.6 Å². The largest absolute Gasteiger partial charge is 0.384 e. The van der Waals surface area contributed by atoms with Gasteiger partial charge in [-0.25, -0.2) is 4.57 Å². The molecule has 7 heteroatoms. The van der Waals surface area contributed by atoms with Gasteiger partial charge in [-0.1, -0.05) is 0 Å². The van der Waals surface area contributed by atoms with E-state index in [1.807, 2.05) is 6.92 Å². The molecule has 0 aliphatic carbocycles. The predicted molar refractivity (Wildman–Crippen MR) is 55.6 cm³/mol. The molecule has 80 valence electrons. The van der Waals surface area contributed by atoms with E-state index in [1.165, 1.54) is 0 Å². The first-order valence-corrected chi connectivity index (χ1v) is 7.29. The van der Waals surface area contributed by atoms with Crippen molar-refractivity contribution >= 4 is 18.2 Å². The van der Waals surface area contributed by atoms with Gasteiger partial charge in [-0.3, -0.25) is 0 Å². The van der Waals surface area contributed by atoms with Crippen LogP contribution in [0.25, 0.3) is 0 Å². The Labute approximate surface area is 82.4 Å². The lowest BCUT2D eigenvalue weighted by Gasteiger charge is -2.12. The molecule has 0 rings (SSSR count). The summed E-state index contributed by atoms with van der Waals surface area (Å²) in [5.41, 5.74) is 5.29. The second kappa shape index (κ2) is 6.81. The summed E-state index contributed by atoms with van der Waals surface area (Å²) in [6, 6.07) is 0.101. The summed E-state index contributed by atoms with van der Waals surface area (Å²) in [5.74, 6) is 0.412. The normalized spacial score (nSPS) is 14.5. The lowest BCUT2D eigenvalue weighted by atomic mass is 10.3. The van der Waals surface area contributed by atoms with Crippen molar-refractivity contribution in [3.05, 3.63) is 0 Å². The molecule has 0 saturated heterocycles. The molecule has 0 aliphatic rings. The quantitative estimate of drug-likeness (QED) is 0.365. The first-order valence-electron chi connectivity index (χ1n) is 4.09. The molecule has 0 aromatic heterocycles. The third-order valence-electron chi connectivity index (χ3n) is 1.37. The summed E-state index contributed by atoms with van der Waals surface area (Å²) in [6.07, 6.45) is 0.880. The van der Waals surface area contributed by atoms with E-state index in [-0.39, 0.29) is 6.04 Å². The Bertz CT molecular complexity index is 175. The summed E-state index contributed by atoms with van der Waals surface area (Å²) < 4.78 is 10.5. The highest BCUT2D eigenvalue weighted by Crippen LogP contribution is 2.50. The van der Waals surface area contributed by atoms with Gasteiger partial charge in [-0.2, -0.15) is 0 Å². The highest BCUT2D eigenvalue weighted by molar-refractivity contribution is 8.54. The van der Waals surface area contributed by atoms with Gasteiger partial charge in [0.15, 0.2) is 0 Å². The average Bonchev–Trinajstić information content (AvgIpc) is 2.00. The van der Waals surface area contributed by atoms with Crippen molar-refractivity contribution in [2.24, 2.45) is 5.73 Å². The van der Waals surface area contributed by atoms with Crippen LogP contribution in [-0.4, -0.2) is 34.7 Å². The van der Waals surface area contributed by atoms with E-state index in [0.29, 0.717) is 23.7 Å². The van der Waals surface area contributed by atoms with Crippen molar-refractivity contribution in [3.63, 3.8) is 0 Å². The minimum absolute atomic E-state index is 0.101. The first-order chi connectivity index (χ1) is 5.95. The highest BCUT2D eigenvalue weighted by atomic mass is 32.7. The third-order valence-corrected chi connectivity index (χ3v) is 3.81. The molecule has 0 spiro atoms. The molecule has 1 atom stereocenters. The molecule has 0 aromatic carbocycles. The van der Waals surface area contributed by atoms with Crippen molar-refractivity contribution in [1.82, 2.24) is 5.32 Å². The molecule has 0 radical (unpaired) electrons. The molecule has 0 aromatic rings. The van der Waals surface area contributed by atoms with Gasteiger partial charge in [0.25, 0.3) is 0 Å². The number of hydrogen-bond acceptors (Lipinski definition) is 4. The van der Waals surface area contributed by atoms with Gasteiger partial charge in [0.1, 0.15) is 0 Å². The van der Waals surface area contributed by atoms with Gasteiger partial charge in [0.05, 0.1) is 0 Å². The standard InChI is InChI=1S/C6H17N2O3PS/c1-6(8-4-2-3-7)5-13-12(9,10)11/h6,8H,2-5,7H2,1H3,(H2,9,10,11). The van der Waals surface area contributed by atoms with Crippen LogP contribution in [0.15, 0.2) is 0 Å². The monoisotopic (exact) mass is 228 g/mol. The number of rotatable bonds is 7. The van der Waals surface area contributed by atoms with Gasteiger partial charge in [0, 0.05) is 11.8 Å². The van der Waals surface area contributed by atoms with Crippen molar-refractivity contribution in [1.29, 1.82) is 0 Å². The Hall–Kier alpha value is 0.420. The van der Waals surface area contributed by atoms with Crippen LogP contribution in [0.3, 0.4) is 0 Å². The Balaban J connectivity index is 3.40. The number of nitrogens with one attached hydrogen (secondary N) is 1. The van der Waals surface area contributed by atoms with Gasteiger partial charge in [-0.05, 0) is 37.8 Å².